The zero-order valence-corrected chi connectivity index (χ0v) is 11.9. The molecule has 3 aliphatic rings. The highest BCUT2D eigenvalue weighted by atomic mass is 16.4. The molecular weight excluding hydrogens is 264 g/mol. The number of carbonyl (C=O) groups excluding carboxylic acids is 1. The van der Waals surface area contributed by atoms with Gasteiger partial charge in [0.1, 0.15) is 0 Å². The van der Waals surface area contributed by atoms with E-state index in [-0.39, 0.29) is 11.8 Å². The maximum atomic E-state index is 12.2. The van der Waals surface area contributed by atoms with Gasteiger partial charge in [0.2, 0.25) is 0 Å². The van der Waals surface area contributed by atoms with Crippen molar-refractivity contribution >= 4 is 11.5 Å². The number of hydrogen-bond donors (Lipinski definition) is 1. The third kappa shape index (κ3) is 1.82. The summed E-state index contributed by atoms with van der Waals surface area (Å²) in [5.41, 5.74) is 5.06. The normalized spacial score (nSPS) is 26.5. The molecule has 4 rings (SSSR count). The van der Waals surface area contributed by atoms with Crippen LogP contribution in [-0.2, 0) is 11.2 Å². The lowest BCUT2D eigenvalue weighted by Crippen LogP contribution is -2.43. The zero-order chi connectivity index (χ0) is 14.4. The number of benzene rings is 1. The van der Waals surface area contributed by atoms with Gasteiger partial charge < -0.3 is 10.1 Å². The van der Waals surface area contributed by atoms with Crippen molar-refractivity contribution in [3.8, 4) is 0 Å². The summed E-state index contributed by atoms with van der Waals surface area (Å²) < 4.78 is 0. The van der Waals surface area contributed by atoms with Gasteiger partial charge >= 0.3 is 0 Å². The van der Waals surface area contributed by atoms with E-state index in [0.717, 1.165) is 31.5 Å². The standard InChI is InChI=1S/C17H18N2O2/c20-16-7-3-6-14-17(16)13(18-21)10-15-12-5-2-1-4-11(12)8-9-19(14)15/h1-2,4-5,15,21H,3,6-10H2/t15-/m1/s1. The van der Waals surface area contributed by atoms with E-state index in [1.54, 1.807) is 0 Å². The number of rotatable bonds is 0. The molecule has 0 saturated carbocycles. The Morgan fingerprint density at radius 2 is 2.05 bits per heavy atom. The first-order valence-corrected chi connectivity index (χ1v) is 7.61. The second-order valence-corrected chi connectivity index (χ2v) is 6.01. The minimum Gasteiger partial charge on any atom is -0.411 e. The number of Topliss-reactive ketones (excluding diaryl/α,β-unsaturated/α-hetero) is 1. The molecule has 2 aliphatic heterocycles. The smallest absolute Gasteiger partial charge is 0.166 e. The highest BCUT2D eigenvalue weighted by Gasteiger charge is 2.39. The average Bonchev–Trinajstić information content (AvgIpc) is 2.54. The Kier molecular flexibility index (Phi) is 2.84. The SMILES string of the molecule is O=C1CCCC2=C1C(=NO)C[C@@H]1c3ccccc3CCN21. The average molecular weight is 282 g/mol. The molecule has 21 heavy (non-hydrogen) atoms. The number of nitrogens with zero attached hydrogens (tertiary/aromatic N) is 2. The lowest BCUT2D eigenvalue weighted by Gasteiger charge is -2.45. The van der Waals surface area contributed by atoms with Crippen LogP contribution < -0.4 is 0 Å². The van der Waals surface area contributed by atoms with Crippen LogP contribution in [-0.4, -0.2) is 28.1 Å². The Morgan fingerprint density at radius 3 is 2.90 bits per heavy atom. The van der Waals surface area contributed by atoms with Crippen molar-refractivity contribution in [3.63, 3.8) is 0 Å². The molecule has 1 aliphatic carbocycles. The first-order chi connectivity index (χ1) is 10.3. The van der Waals surface area contributed by atoms with Gasteiger partial charge in [-0.2, -0.15) is 0 Å². The van der Waals surface area contributed by atoms with E-state index in [9.17, 15) is 10.0 Å². The molecule has 0 unspecified atom stereocenters. The molecule has 0 fully saturated rings. The van der Waals surface area contributed by atoms with Gasteiger partial charge in [0.15, 0.2) is 5.78 Å². The van der Waals surface area contributed by atoms with Crippen molar-refractivity contribution in [2.75, 3.05) is 6.54 Å². The third-order valence-electron chi connectivity index (χ3n) is 4.94. The molecule has 0 amide bonds. The highest BCUT2D eigenvalue weighted by Crippen LogP contribution is 2.43. The molecule has 2 heterocycles. The number of ketones is 1. The van der Waals surface area contributed by atoms with Gasteiger partial charge in [-0.05, 0) is 30.4 Å². The summed E-state index contributed by atoms with van der Waals surface area (Å²) in [5, 5.41) is 12.8. The van der Waals surface area contributed by atoms with Crippen LogP contribution in [0.3, 0.4) is 0 Å². The zero-order valence-electron chi connectivity index (χ0n) is 11.9. The fourth-order valence-electron chi connectivity index (χ4n) is 4.01. The lowest BCUT2D eigenvalue weighted by atomic mass is 9.79. The molecule has 1 atom stereocenters. The van der Waals surface area contributed by atoms with E-state index in [0.29, 0.717) is 24.1 Å². The monoisotopic (exact) mass is 282 g/mol. The van der Waals surface area contributed by atoms with Gasteiger partial charge in [-0.1, -0.05) is 29.4 Å². The highest BCUT2D eigenvalue weighted by molar-refractivity contribution is 6.23. The van der Waals surface area contributed by atoms with E-state index >= 15 is 0 Å². The minimum absolute atomic E-state index is 0.140. The molecule has 1 aromatic carbocycles. The van der Waals surface area contributed by atoms with Crippen LogP contribution in [0.2, 0.25) is 0 Å². The van der Waals surface area contributed by atoms with E-state index in [2.05, 4.69) is 34.3 Å². The first kappa shape index (κ1) is 12.6. The topological polar surface area (TPSA) is 52.9 Å². The molecule has 4 nitrogen and oxygen atoms in total. The molecule has 1 aromatic rings. The van der Waals surface area contributed by atoms with Gasteiger partial charge in [-0.25, -0.2) is 0 Å². The summed E-state index contributed by atoms with van der Waals surface area (Å²) >= 11 is 0. The summed E-state index contributed by atoms with van der Waals surface area (Å²) in [6, 6.07) is 8.70. The van der Waals surface area contributed by atoms with E-state index < -0.39 is 0 Å². The quantitative estimate of drug-likeness (QED) is 0.588. The van der Waals surface area contributed by atoms with Crippen molar-refractivity contribution in [2.45, 2.75) is 38.1 Å². The number of oxime groups is 1. The fourth-order valence-corrected chi connectivity index (χ4v) is 4.01. The number of fused-ring (bicyclic) bond motifs is 4. The summed E-state index contributed by atoms with van der Waals surface area (Å²) in [6.07, 6.45) is 4.04. The van der Waals surface area contributed by atoms with Gasteiger partial charge in [0, 0.05) is 25.1 Å². The second-order valence-electron chi connectivity index (χ2n) is 6.01. The summed E-state index contributed by atoms with van der Waals surface area (Å²) in [5.74, 6) is 0.140. The molecular formula is C17H18N2O2. The van der Waals surface area contributed by atoms with Crippen molar-refractivity contribution in [3.05, 3.63) is 46.7 Å². The fraction of sp³-hybridized carbons (Fsp3) is 0.412. The largest absolute Gasteiger partial charge is 0.411 e. The Labute approximate surface area is 123 Å². The first-order valence-electron chi connectivity index (χ1n) is 7.61. The Balaban J connectivity index is 1.86. The molecule has 0 bridgehead atoms. The predicted molar refractivity (Wildman–Crippen MR) is 79.3 cm³/mol. The van der Waals surface area contributed by atoms with Crippen LogP contribution in [0.25, 0.3) is 0 Å². The minimum atomic E-state index is 0.140. The van der Waals surface area contributed by atoms with E-state index in [4.69, 9.17) is 0 Å². The molecule has 0 saturated heterocycles. The van der Waals surface area contributed by atoms with E-state index in [1.807, 2.05) is 0 Å². The van der Waals surface area contributed by atoms with Gasteiger partial charge in [-0.15, -0.1) is 0 Å². The Hall–Kier alpha value is -2.10. The Morgan fingerprint density at radius 1 is 1.19 bits per heavy atom. The summed E-state index contributed by atoms with van der Waals surface area (Å²) in [7, 11) is 0. The van der Waals surface area contributed by atoms with Crippen LogP contribution in [0.5, 0.6) is 0 Å². The summed E-state index contributed by atoms with van der Waals surface area (Å²) in [4.78, 5) is 14.6. The second kappa shape index (κ2) is 4.72. The van der Waals surface area contributed by atoms with Gasteiger partial charge in [-0.3, -0.25) is 4.79 Å². The van der Waals surface area contributed by atoms with Crippen LogP contribution in [0, 0.1) is 0 Å². The number of hydrogen-bond acceptors (Lipinski definition) is 4. The lowest BCUT2D eigenvalue weighted by molar-refractivity contribution is -0.115. The van der Waals surface area contributed by atoms with Crippen LogP contribution >= 0.6 is 0 Å². The van der Waals surface area contributed by atoms with Crippen molar-refractivity contribution in [1.82, 2.24) is 4.90 Å². The number of allylic oxidation sites excluding steroid dienone is 2. The van der Waals surface area contributed by atoms with Crippen molar-refractivity contribution in [2.24, 2.45) is 5.16 Å². The molecule has 4 heteroatoms. The van der Waals surface area contributed by atoms with Crippen LogP contribution in [0.4, 0.5) is 0 Å². The molecule has 0 aromatic heterocycles. The maximum Gasteiger partial charge on any atom is 0.166 e. The number of carbonyl (C=O) groups is 1. The predicted octanol–water partition coefficient (Wildman–Crippen LogP) is 2.83. The molecule has 108 valence electrons. The van der Waals surface area contributed by atoms with Gasteiger partial charge in [0.25, 0.3) is 0 Å². The molecule has 1 N–H and O–H groups in total. The van der Waals surface area contributed by atoms with Crippen molar-refractivity contribution in [1.29, 1.82) is 0 Å². The van der Waals surface area contributed by atoms with Gasteiger partial charge in [0.05, 0.1) is 17.3 Å². The summed E-state index contributed by atoms with van der Waals surface area (Å²) in [6.45, 7) is 0.951. The van der Waals surface area contributed by atoms with Crippen LogP contribution in [0.15, 0.2) is 40.7 Å². The maximum absolute atomic E-state index is 12.2. The van der Waals surface area contributed by atoms with Crippen LogP contribution in [0.1, 0.15) is 42.9 Å². The molecule has 0 spiro atoms. The van der Waals surface area contributed by atoms with Crippen molar-refractivity contribution < 1.29 is 10.0 Å². The Bertz CT molecular complexity index is 675. The third-order valence-corrected chi connectivity index (χ3v) is 4.94. The molecule has 0 radical (unpaired) electrons. The van der Waals surface area contributed by atoms with E-state index in [1.165, 1.54) is 11.1 Å².